The third kappa shape index (κ3) is 3.15. The van der Waals surface area contributed by atoms with E-state index in [1.807, 2.05) is 24.3 Å². The molecule has 0 bridgehead atoms. The number of nitrogens with two attached hydrogens (primary N) is 1. The number of carbonyl (C=O) groups excluding carboxylic acids is 2. The average Bonchev–Trinajstić information content (AvgIpc) is 2.59. The minimum absolute atomic E-state index is 0.0856. The summed E-state index contributed by atoms with van der Waals surface area (Å²) in [5, 5.41) is 2.63. The highest BCUT2D eigenvalue weighted by molar-refractivity contribution is 5.91. The van der Waals surface area contributed by atoms with Crippen LogP contribution < -0.4 is 11.1 Å². The van der Waals surface area contributed by atoms with Crippen LogP contribution >= 0.6 is 0 Å². The summed E-state index contributed by atoms with van der Waals surface area (Å²) < 4.78 is 14.0. The monoisotopic (exact) mass is 326 g/mol. The number of rotatable bonds is 4. The summed E-state index contributed by atoms with van der Waals surface area (Å²) in [6, 6.07) is 12.4. The molecule has 3 rings (SSSR count). The molecule has 124 valence electrons. The molecule has 0 fully saturated rings. The van der Waals surface area contributed by atoms with Crippen LogP contribution in [0.3, 0.4) is 0 Å². The van der Waals surface area contributed by atoms with E-state index in [-0.39, 0.29) is 17.4 Å². The number of halogens is 1. The fourth-order valence-electron chi connectivity index (χ4n) is 3.28. The minimum Gasteiger partial charge on any atom is -0.368 e. The Hall–Kier alpha value is -2.69. The summed E-state index contributed by atoms with van der Waals surface area (Å²) in [6.07, 6.45) is 2.54. The van der Waals surface area contributed by atoms with Crippen molar-refractivity contribution in [1.29, 1.82) is 0 Å². The number of nitrogens with one attached hydrogen (secondary N) is 1. The zero-order valence-corrected chi connectivity index (χ0v) is 13.2. The van der Waals surface area contributed by atoms with Crippen molar-refractivity contribution in [2.45, 2.75) is 31.2 Å². The van der Waals surface area contributed by atoms with Gasteiger partial charge in [-0.25, -0.2) is 4.39 Å². The summed E-state index contributed by atoms with van der Waals surface area (Å²) in [6.45, 7) is 0. The molecule has 0 heterocycles. The number of aryl methyl sites for hydroxylation is 1. The van der Waals surface area contributed by atoms with Gasteiger partial charge in [-0.15, -0.1) is 0 Å². The Bertz CT molecular complexity index is 775. The van der Waals surface area contributed by atoms with Crippen LogP contribution in [-0.4, -0.2) is 11.8 Å². The molecule has 0 aliphatic heterocycles. The maximum atomic E-state index is 14.0. The Morgan fingerprint density at radius 1 is 1.12 bits per heavy atom. The topological polar surface area (TPSA) is 72.2 Å². The second-order valence-corrected chi connectivity index (χ2v) is 6.01. The maximum Gasteiger partial charge on any atom is 0.244 e. The molecule has 0 saturated carbocycles. The molecule has 0 unspecified atom stereocenters. The Kier molecular flexibility index (Phi) is 4.60. The summed E-state index contributed by atoms with van der Waals surface area (Å²) in [5.74, 6) is -1.99. The number of benzene rings is 2. The molecule has 2 atom stereocenters. The average molecular weight is 326 g/mol. The first kappa shape index (κ1) is 16.2. The van der Waals surface area contributed by atoms with Crippen LogP contribution in [0.15, 0.2) is 48.5 Å². The van der Waals surface area contributed by atoms with Crippen LogP contribution in [0.25, 0.3) is 0 Å². The van der Waals surface area contributed by atoms with Gasteiger partial charge in [0, 0.05) is 5.56 Å². The third-order valence-electron chi connectivity index (χ3n) is 4.47. The van der Waals surface area contributed by atoms with E-state index in [2.05, 4.69) is 5.32 Å². The number of carbonyl (C=O) groups is 2. The molecule has 0 saturated heterocycles. The van der Waals surface area contributed by atoms with Gasteiger partial charge in [0.15, 0.2) is 0 Å². The molecule has 1 aliphatic carbocycles. The van der Waals surface area contributed by atoms with Gasteiger partial charge < -0.3 is 11.1 Å². The molecule has 3 N–H and O–H groups in total. The number of fused-ring (bicyclic) bond motifs is 1. The second kappa shape index (κ2) is 6.83. The number of primary amides is 1. The quantitative estimate of drug-likeness (QED) is 0.906. The molecule has 1 aliphatic rings. The first-order valence-electron chi connectivity index (χ1n) is 8.00. The molecular weight excluding hydrogens is 307 g/mol. The molecule has 2 aromatic rings. The van der Waals surface area contributed by atoms with Crippen molar-refractivity contribution >= 4 is 11.8 Å². The molecule has 24 heavy (non-hydrogen) atoms. The smallest absolute Gasteiger partial charge is 0.244 e. The van der Waals surface area contributed by atoms with Gasteiger partial charge in [-0.05, 0) is 36.5 Å². The van der Waals surface area contributed by atoms with Gasteiger partial charge in [-0.3, -0.25) is 9.59 Å². The summed E-state index contributed by atoms with van der Waals surface area (Å²) in [5.41, 5.74) is 7.59. The van der Waals surface area contributed by atoms with Crippen molar-refractivity contribution in [2.24, 2.45) is 5.73 Å². The third-order valence-corrected chi connectivity index (χ3v) is 4.47. The van der Waals surface area contributed by atoms with Crippen molar-refractivity contribution in [3.63, 3.8) is 0 Å². The highest BCUT2D eigenvalue weighted by atomic mass is 19.1. The molecule has 5 heteroatoms. The van der Waals surface area contributed by atoms with Gasteiger partial charge in [-0.2, -0.15) is 0 Å². The normalized spacial score (nSPS) is 17.6. The Morgan fingerprint density at radius 3 is 2.58 bits per heavy atom. The van der Waals surface area contributed by atoms with Crippen molar-refractivity contribution in [1.82, 2.24) is 5.32 Å². The summed E-state index contributed by atoms with van der Waals surface area (Å²) in [4.78, 5) is 24.5. The zero-order valence-electron chi connectivity index (χ0n) is 13.2. The van der Waals surface area contributed by atoms with Crippen LogP contribution in [0.1, 0.15) is 41.5 Å². The standard InChI is InChI=1S/C19H19FN2O2/c20-16-11-4-3-9-15(16)17(18(21)23)22-19(24)14-10-5-7-12-6-1-2-8-13(12)14/h1-4,6,8-9,11,14,17H,5,7,10H2,(H2,21,23)(H,22,24)/t14-,17+/m0/s1. The van der Waals surface area contributed by atoms with E-state index in [0.29, 0.717) is 6.42 Å². The largest absolute Gasteiger partial charge is 0.368 e. The van der Waals surface area contributed by atoms with E-state index in [9.17, 15) is 14.0 Å². The van der Waals surface area contributed by atoms with Gasteiger partial charge in [0.25, 0.3) is 0 Å². The predicted molar refractivity (Wildman–Crippen MR) is 88.6 cm³/mol. The van der Waals surface area contributed by atoms with Crippen LogP contribution in [0.2, 0.25) is 0 Å². The van der Waals surface area contributed by atoms with Gasteiger partial charge in [0.1, 0.15) is 11.9 Å². The van der Waals surface area contributed by atoms with Gasteiger partial charge in [0.05, 0.1) is 5.92 Å². The van der Waals surface area contributed by atoms with E-state index in [1.165, 1.54) is 18.2 Å². The molecule has 4 nitrogen and oxygen atoms in total. The molecule has 0 aromatic heterocycles. The fraction of sp³-hybridized carbons (Fsp3) is 0.263. The van der Waals surface area contributed by atoms with Crippen LogP contribution in [0, 0.1) is 5.82 Å². The fourth-order valence-corrected chi connectivity index (χ4v) is 3.28. The first-order chi connectivity index (χ1) is 11.6. The lowest BCUT2D eigenvalue weighted by molar-refractivity contribution is -0.128. The lowest BCUT2D eigenvalue weighted by Crippen LogP contribution is -2.41. The van der Waals surface area contributed by atoms with Gasteiger partial charge >= 0.3 is 0 Å². The summed E-state index contributed by atoms with van der Waals surface area (Å²) in [7, 11) is 0. The number of amides is 2. The lowest BCUT2D eigenvalue weighted by Gasteiger charge is -2.26. The van der Waals surface area contributed by atoms with Crippen molar-refractivity contribution < 1.29 is 14.0 Å². The van der Waals surface area contributed by atoms with E-state index in [1.54, 1.807) is 6.07 Å². The molecule has 2 aromatic carbocycles. The van der Waals surface area contributed by atoms with E-state index >= 15 is 0 Å². The highest BCUT2D eigenvalue weighted by Gasteiger charge is 2.30. The van der Waals surface area contributed by atoms with Crippen molar-refractivity contribution in [3.8, 4) is 0 Å². The van der Waals surface area contributed by atoms with Crippen molar-refractivity contribution in [3.05, 3.63) is 71.0 Å². The van der Waals surface area contributed by atoms with Gasteiger partial charge in [-0.1, -0.05) is 42.5 Å². The Morgan fingerprint density at radius 2 is 1.83 bits per heavy atom. The van der Waals surface area contributed by atoms with E-state index in [0.717, 1.165) is 24.0 Å². The van der Waals surface area contributed by atoms with Crippen molar-refractivity contribution in [2.75, 3.05) is 0 Å². The SMILES string of the molecule is NC(=O)[C@H](NC(=O)[C@H]1CCCc2ccccc21)c1ccccc1F. The predicted octanol–water partition coefficient (Wildman–Crippen LogP) is 2.59. The maximum absolute atomic E-state index is 14.0. The number of hydrogen-bond acceptors (Lipinski definition) is 2. The van der Waals surface area contributed by atoms with Gasteiger partial charge in [0.2, 0.25) is 11.8 Å². The molecular formula is C19H19FN2O2. The molecule has 2 amide bonds. The highest BCUT2D eigenvalue weighted by Crippen LogP contribution is 2.32. The lowest BCUT2D eigenvalue weighted by atomic mass is 9.82. The van der Waals surface area contributed by atoms with Crippen LogP contribution in [0.4, 0.5) is 4.39 Å². The Labute approximate surface area is 139 Å². The molecule has 0 radical (unpaired) electrons. The summed E-state index contributed by atoms with van der Waals surface area (Å²) >= 11 is 0. The zero-order chi connectivity index (χ0) is 17.1. The molecule has 0 spiro atoms. The van der Waals surface area contributed by atoms with Crippen LogP contribution in [-0.2, 0) is 16.0 Å². The minimum atomic E-state index is -1.17. The van der Waals surface area contributed by atoms with E-state index in [4.69, 9.17) is 5.73 Å². The van der Waals surface area contributed by atoms with E-state index < -0.39 is 17.8 Å². The van der Waals surface area contributed by atoms with Crippen LogP contribution in [0.5, 0.6) is 0 Å². The second-order valence-electron chi connectivity index (χ2n) is 6.01. The first-order valence-corrected chi connectivity index (χ1v) is 8.00. The Balaban J connectivity index is 1.86. The number of hydrogen-bond donors (Lipinski definition) is 2.